The van der Waals surface area contributed by atoms with E-state index in [2.05, 4.69) is 0 Å². The highest BCUT2D eigenvalue weighted by molar-refractivity contribution is 5.72. The molecule has 124 valence electrons. The van der Waals surface area contributed by atoms with Gasteiger partial charge >= 0.3 is 12.3 Å². The first-order valence-corrected chi connectivity index (χ1v) is 7.65. The minimum absolute atomic E-state index is 0.0836. The minimum atomic E-state index is -4.38. The van der Waals surface area contributed by atoms with Gasteiger partial charge in [0.2, 0.25) is 0 Å². The van der Waals surface area contributed by atoms with Crippen LogP contribution in [0.25, 0.3) is 0 Å². The van der Waals surface area contributed by atoms with Crippen LogP contribution in [0.4, 0.5) is 18.0 Å². The maximum Gasteiger partial charge on any atom is 0.416 e. The van der Waals surface area contributed by atoms with Gasteiger partial charge in [0, 0.05) is 0 Å². The Balaban J connectivity index is 1.80. The Morgan fingerprint density at radius 3 is 2.46 bits per heavy atom. The van der Waals surface area contributed by atoms with E-state index in [9.17, 15) is 18.0 Å². The van der Waals surface area contributed by atoms with Crippen molar-refractivity contribution in [2.45, 2.75) is 24.7 Å². The Kier molecular flexibility index (Phi) is 3.30. The van der Waals surface area contributed by atoms with Gasteiger partial charge in [-0.3, -0.25) is 4.90 Å². The molecule has 1 amide bonds. The molecule has 4 rings (SSSR count). The van der Waals surface area contributed by atoms with Crippen LogP contribution in [-0.2, 0) is 17.3 Å². The van der Waals surface area contributed by atoms with E-state index in [-0.39, 0.29) is 6.04 Å². The lowest BCUT2D eigenvalue weighted by Crippen LogP contribution is -2.42. The van der Waals surface area contributed by atoms with E-state index in [4.69, 9.17) is 4.74 Å². The quantitative estimate of drug-likeness (QED) is 0.784. The standard InChI is InChI=1S/C18H14F3NO2/c19-18(20,21)13-7-5-11(6-8-13)16-15-4-2-1-3-12(15)9-14-10-24-17(23)22(14)16/h1-8,14,16H,9-10H2/t14-,16+/m0/s1. The fourth-order valence-corrected chi connectivity index (χ4v) is 3.53. The molecule has 3 nitrogen and oxygen atoms in total. The summed E-state index contributed by atoms with van der Waals surface area (Å²) in [6.07, 6.45) is -4.10. The van der Waals surface area contributed by atoms with Gasteiger partial charge in [-0.05, 0) is 35.2 Å². The van der Waals surface area contributed by atoms with Gasteiger partial charge in [0.05, 0.1) is 17.6 Å². The Morgan fingerprint density at radius 2 is 1.75 bits per heavy atom. The van der Waals surface area contributed by atoms with Crippen molar-refractivity contribution in [3.63, 3.8) is 0 Å². The van der Waals surface area contributed by atoms with Crippen molar-refractivity contribution in [1.29, 1.82) is 0 Å². The van der Waals surface area contributed by atoms with Gasteiger partial charge in [-0.15, -0.1) is 0 Å². The Hall–Kier alpha value is -2.50. The monoisotopic (exact) mass is 333 g/mol. The molecule has 0 N–H and O–H groups in total. The largest absolute Gasteiger partial charge is 0.447 e. The number of halogens is 3. The third kappa shape index (κ3) is 2.33. The van der Waals surface area contributed by atoms with Gasteiger partial charge in [-0.25, -0.2) is 4.79 Å². The van der Waals surface area contributed by atoms with Gasteiger partial charge in [0.15, 0.2) is 0 Å². The molecule has 0 bridgehead atoms. The lowest BCUT2D eigenvalue weighted by Gasteiger charge is -2.37. The number of ether oxygens (including phenoxy) is 1. The fraction of sp³-hybridized carbons (Fsp3) is 0.278. The van der Waals surface area contributed by atoms with Crippen LogP contribution in [0.1, 0.15) is 28.3 Å². The second-order valence-electron chi connectivity index (χ2n) is 6.06. The number of carbonyl (C=O) groups is 1. The van der Waals surface area contributed by atoms with E-state index in [0.717, 1.165) is 23.3 Å². The number of alkyl halides is 3. The van der Waals surface area contributed by atoms with Crippen LogP contribution in [-0.4, -0.2) is 23.6 Å². The molecular formula is C18H14F3NO2. The summed E-state index contributed by atoms with van der Waals surface area (Å²) in [6, 6.07) is 12.2. The minimum Gasteiger partial charge on any atom is -0.447 e. The molecule has 2 aliphatic heterocycles. The van der Waals surface area contributed by atoms with E-state index in [1.54, 1.807) is 4.90 Å². The number of cyclic esters (lactones) is 1. The Morgan fingerprint density at radius 1 is 1.04 bits per heavy atom. The van der Waals surface area contributed by atoms with Crippen molar-refractivity contribution in [3.05, 3.63) is 70.8 Å². The highest BCUT2D eigenvalue weighted by Gasteiger charge is 2.43. The van der Waals surface area contributed by atoms with Crippen molar-refractivity contribution >= 4 is 6.09 Å². The molecule has 0 radical (unpaired) electrons. The first-order valence-electron chi connectivity index (χ1n) is 7.65. The number of hydrogen-bond donors (Lipinski definition) is 0. The van der Waals surface area contributed by atoms with Crippen LogP contribution in [0.15, 0.2) is 48.5 Å². The van der Waals surface area contributed by atoms with Gasteiger partial charge < -0.3 is 4.74 Å². The van der Waals surface area contributed by atoms with Crippen LogP contribution in [0, 0.1) is 0 Å². The van der Waals surface area contributed by atoms with E-state index in [0.29, 0.717) is 18.6 Å². The fourth-order valence-electron chi connectivity index (χ4n) is 3.53. The van der Waals surface area contributed by atoms with Crippen LogP contribution >= 0.6 is 0 Å². The zero-order valence-corrected chi connectivity index (χ0v) is 12.6. The van der Waals surface area contributed by atoms with Gasteiger partial charge in [0.25, 0.3) is 0 Å². The molecular weight excluding hydrogens is 319 g/mol. The molecule has 2 atom stereocenters. The van der Waals surface area contributed by atoms with Crippen LogP contribution in [0.2, 0.25) is 0 Å². The maximum atomic E-state index is 12.8. The van der Waals surface area contributed by atoms with Crippen molar-refractivity contribution in [2.24, 2.45) is 0 Å². The first kappa shape index (κ1) is 15.1. The first-order chi connectivity index (χ1) is 11.4. The summed E-state index contributed by atoms with van der Waals surface area (Å²) in [7, 11) is 0. The summed E-state index contributed by atoms with van der Waals surface area (Å²) in [5, 5.41) is 0. The molecule has 1 fully saturated rings. The molecule has 0 aromatic heterocycles. The van der Waals surface area contributed by atoms with Crippen LogP contribution in [0.3, 0.4) is 0 Å². The van der Waals surface area contributed by atoms with E-state index >= 15 is 0 Å². The van der Waals surface area contributed by atoms with E-state index in [1.807, 2.05) is 24.3 Å². The second-order valence-corrected chi connectivity index (χ2v) is 6.06. The Bertz CT molecular complexity index is 786. The number of nitrogens with zero attached hydrogens (tertiary/aromatic N) is 1. The predicted molar refractivity (Wildman–Crippen MR) is 80.4 cm³/mol. The van der Waals surface area contributed by atoms with Crippen molar-refractivity contribution < 1.29 is 22.7 Å². The third-order valence-electron chi connectivity index (χ3n) is 4.64. The molecule has 2 aliphatic rings. The lowest BCUT2D eigenvalue weighted by atomic mass is 9.85. The number of rotatable bonds is 1. The van der Waals surface area contributed by atoms with Crippen molar-refractivity contribution in [2.75, 3.05) is 6.61 Å². The van der Waals surface area contributed by atoms with Crippen LogP contribution in [0.5, 0.6) is 0 Å². The number of carbonyl (C=O) groups excluding carboxylic acids is 1. The molecule has 2 aromatic rings. The number of amides is 1. The summed E-state index contributed by atoms with van der Waals surface area (Å²) in [5.41, 5.74) is 1.99. The maximum absolute atomic E-state index is 12.8. The second kappa shape index (κ2) is 5.26. The molecule has 0 aliphatic carbocycles. The highest BCUT2D eigenvalue weighted by atomic mass is 19.4. The molecule has 24 heavy (non-hydrogen) atoms. The number of fused-ring (bicyclic) bond motifs is 2. The van der Waals surface area contributed by atoms with E-state index in [1.165, 1.54) is 12.1 Å². The molecule has 2 aromatic carbocycles. The molecule has 1 saturated heterocycles. The molecule has 6 heteroatoms. The Labute approximate surface area is 136 Å². The summed E-state index contributed by atoms with van der Waals surface area (Å²) >= 11 is 0. The average Bonchev–Trinajstić information content (AvgIpc) is 2.93. The van der Waals surface area contributed by atoms with Gasteiger partial charge in [-0.2, -0.15) is 13.2 Å². The van der Waals surface area contributed by atoms with Gasteiger partial charge in [0.1, 0.15) is 6.61 Å². The average molecular weight is 333 g/mol. The van der Waals surface area contributed by atoms with Crippen molar-refractivity contribution in [3.8, 4) is 0 Å². The summed E-state index contributed by atoms with van der Waals surface area (Å²) in [6.45, 7) is 0.310. The lowest BCUT2D eigenvalue weighted by molar-refractivity contribution is -0.137. The summed E-state index contributed by atoms with van der Waals surface area (Å²) < 4.78 is 43.5. The molecule has 0 saturated carbocycles. The zero-order chi connectivity index (χ0) is 16.9. The van der Waals surface area contributed by atoms with Crippen molar-refractivity contribution in [1.82, 2.24) is 4.90 Å². The number of hydrogen-bond acceptors (Lipinski definition) is 2. The SMILES string of the molecule is O=C1OC[C@@H]2Cc3ccccc3[C@@H](c3ccc(C(F)(F)F)cc3)N12. The molecule has 0 unspecified atom stereocenters. The topological polar surface area (TPSA) is 29.5 Å². The van der Waals surface area contributed by atoms with E-state index < -0.39 is 23.9 Å². The molecule has 2 heterocycles. The van der Waals surface area contributed by atoms with Gasteiger partial charge in [-0.1, -0.05) is 36.4 Å². The number of benzene rings is 2. The normalized spacial score (nSPS) is 22.8. The summed E-state index contributed by atoms with van der Waals surface area (Å²) in [4.78, 5) is 13.8. The zero-order valence-electron chi connectivity index (χ0n) is 12.6. The highest BCUT2D eigenvalue weighted by Crippen LogP contribution is 2.41. The smallest absolute Gasteiger partial charge is 0.416 e. The molecule has 0 spiro atoms. The summed E-state index contributed by atoms with van der Waals surface area (Å²) in [5.74, 6) is 0. The third-order valence-corrected chi connectivity index (χ3v) is 4.64. The predicted octanol–water partition coefficient (Wildman–Crippen LogP) is 4.17. The van der Waals surface area contributed by atoms with Crippen LogP contribution < -0.4 is 0 Å².